The van der Waals surface area contributed by atoms with Crippen LogP contribution >= 0.6 is 11.6 Å². The van der Waals surface area contributed by atoms with Gasteiger partial charge in [-0.05, 0) is 43.4 Å². The molecule has 1 aromatic rings. The van der Waals surface area contributed by atoms with E-state index in [0.29, 0.717) is 0 Å². The van der Waals surface area contributed by atoms with Gasteiger partial charge in [-0.1, -0.05) is 35.4 Å². The molecular formula is C13H16ClN. The molecule has 0 spiro atoms. The minimum Gasteiger partial charge on any atom is -0.321 e. The first-order chi connectivity index (χ1) is 7.18. The molecule has 2 N–H and O–H groups in total. The highest BCUT2D eigenvalue weighted by Crippen LogP contribution is 2.30. The lowest BCUT2D eigenvalue weighted by Crippen LogP contribution is -2.12. The van der Waals surface area contributed by atoms with Gasteiger partial charge in [0.25, 0.3) is 0 Å². The number of hydrogen-bond acceptors (Lipinski definition) is 1. The monoisotopic (exact) mass is 221 g/mol. The summed E-state index contributed by atoms with van der Waals surface area (Å²) in [5.74, 6) is 0. The van der Waals surface area contributed by atoms with Crippen molar-refractivity contribution in [1.29, 1.82) is 0 Å². The van der Waals surface area contributed by atoms with Crippen LogP contribution in [0.1, 0.15) is 36.4 Å². The van der Waals surface area contributed by atoms with Crippen molar-refractivity contribution in [2.75, 3.05) is 0 Å². The number of rotatable bonds is 2. The Labute approximate surface area is 95.9 Å². The topological polar surface area (TPSA) is 26.0 Å². The SMILES string of the molecule is Cc1cc(C(N)C2=CCCC2)ccc1Cl. The lowest BCUT2D eigenvalue weighted by molar-refractivity contribution is 0.784. The molecule has 80 valence electrons. The molecule has 15 heavy (non-hydrogen) atoms. The molecule has 1 unspecified atom stereocenters. The molecule has 0 fully saturated rings. The molecule has 0 saturated carbocycles. The maximum Gasteiger partial charge on any atom is 0.0511 e. The van der Waals surface area contributed by atoms with Crippen molar-refractivity contribution in [3.8, 4) is 0 Å². The average molecular weight is 222 g/mol. The Morgan fingerprint density at radius 3 is 2.80 bits per heavy atom. The molecule has 1 atom stereocenters. The molecule has 1 nitrogen and oxygen atoms in total. The quantitative estimate of drug-likeness (QED) is 0.757. The number of nitrogens with two attached hydrogens (primary N) is 1. The fourth-order valence-corrected chi connectivity index (χ4v) is 2.17. The summed E-state index contributed by atoms with van der Waals surface area (Å²) in [6.07, 6.45) is 5.84. The zero-order chi connectivity index (χ0) is 10.8. The van der Waals surface area contributed by atoms with Crippen molar-refractivity contribution >= 4 is 11.6 Å². The van der Waals surface area contributed by atoms with Crippen LogP contribution in [0.4, 0.5) is 0 Å². The van der Waals surface area contributed by atoms with Gasteiger partial charge in [0, 0.05) is 5.02 Å². The normalized spacial score (nSPS) is 17.7. The summed E-state index contributed by atoms with van der Waals surface area (Å²) >= 11 is 5.99. The lowest BCUT2D eigenvalue weighted by Gasteiger charge is -2.14. The zero-order valence-electron chi connectivity index (χ0n) is 8.96. The third-order valence-corrected chi connectivity index (χ3v) is 3.44. The van der Waals surface area contributed by atoms with Gasteiger partial charge >= 0.3 is 0 Å². The fraction of sp³-hybridized carbons (Fsp3) is 0.385. The third kappa shape index (κ3) is 2.24. The van der Waals surface area contributed by atoms with Gasteiger partial charge < -0.3 is 5.73 Å². The molecule has 1 aromatic carbocycles. The number of halogens is 1. The van der Waals surface area contributed by atoms with Gasteiger partial charge in [0.1, 0.15) is 0 Å². The molecular weight excluding hydrogens is 206 g/mol. The highest BCUT2D eigenvalue weighted by atomic mass is 35.5. The smallest absolute Gasteiger partial charge is 0.0511 e. The van der Waals surface area contributed by atoms with E-state index in [1.807, 2.05) is 19.1 Å². The van der Waals surface area contributed by atoms with Crippen LogP contribution in [0.5, 0.6) is 0 Å². The van der Waals surface area contributed by atoms with E-state index >= 15 is 0 Å². The summed E-state index contributed by atoms with van der Waals surface area (Å²) in [4.78, 5) is 0. The van der Waals surface area contributed by atoms with Gasteiger partial charge in [0.2, 0.25) is 0 Å². The van der Waals surface area contributed by atoms with E-state index in [1.54, 1.807) is 0 Å². The van der Waals surface area contributed by atoms with Gasteiger partial charge in [0.05, 0.1) is 6.04 Å². The van der Waals surface area contributed by atoms with E-state index in [0.717, 1.165) is 17.0 Å². The highest BCUT2D eigenvalue weighted by molar-refractivity contribution is 6.31. The molecule has 2 rings (SSSR count). The number of allylic oxidation sites excluding steroid dienone is 1. The van der Waals surface area contributed by atoms with Crippen molar-refractivity contribution in [1.82, 2.24) is 0 Å². The predicted molar refractivity (Wildman–Crippen MR) is 65.1 cm³/mol. The first-order valence-electron chi connectivity index (χ1n) is 5.39. The Morgan fingerprint density at radius 1 is 1.40 bits per heavy atom. The van der Waals surface area contributed by atoms with Crippen LogP contribution in [0, 0.1) is 6.92 Å². The Morgan fingerprint density at radius 2 is 2.20 bits per heavy atom. The molecule has 0 heterocycles. The van der Waals surface area contributed by atoms with Crippen molar-refractivity contribution in [2.24, 2.45) is 5.73 Å². The summed E-state index contributed by atoms with van der Waals surface area (Å²) in [6, 6.07) is 6.11. The first-order valence-corrected chi connectivity index (χ1v) is 5.77. The van der Waals surface area contributed by atoms with Crippen LogP contribution < -0.4 is 5.73 Å². The highest BCUT2D eigenvalue weighted by Gasteiger charge is 2.15. The van der Waals surface area contributed by atoms with Crippen molar-refractivity contribution < 1.29 is 0 Å². The van der Waals surface area contributed by atoms with Gasteiger partial charge in [-0.15, -0.1) is 0 Å². The van der Waals surface area contributed by atoms with Crippen LogP contribution in [0.3, 0.4) is 0 Å². The molecule has 0 bridgehead atoms. The third-order valence-electron chi connectivity index (χ3n) is 3.02. The molecule has 2 heteroatoms. The van der Waals surface area contributed by atoms with Gasteiger partial charge in [-0.25, -0.2) is 0 Å². The Kier molecular flexibility index (Phi) is 3.13. The second-order valence-electron chi connectivity index (χ2n) is 4.16. The van der Waals surface area contributed by atoms with E-state index in [-0.39, 0.29) is 6.04 Å². The van der Waals surface area contributed by atoms with E-state index in [1.165, 1.54) is 24.0 Å². The standard InChI is InChI=1S/C13H16ClN/c1-9-8-11(6-7-12(9)14)13(15)10-4-2-3-5-10/h4,6-8,13H,2-3,5,15H2,1H3. The van der Waals surface area contributed by atoms with Crippen LogP contribution in [0.2, 0.25) is 5.02 Å². The number of aryl methyl sites for hydroxylation is 1. The van der Waals surface area contributed by atoms with Crippen molar-refractivity contribution in [3.63, 3.8) is 0 Å². The van der Waals surface area contributed by atoms with Gasteiger partial charge in [0.15, 0.2) is 0 Å². The Hall–Kier alpha value is -0.790. The number of benzene rings is 1. The van der Waals surface area contributed by atoms with Gasteiger partial charge in [-0.3, -0.25) is 0 Å². The Balaban J connectivity index is 2.25. The van der Waals surface area contributed by atoms with E-state index in [9.17, 15) is 0 Å². The van der Waals surface area contributed by atoms with Crippen molar-refractivity contribution in [3.05, 3.63) is 46.0 Å². The summed E-state index contributed by atoms with van der Waals surface area (Å²) in [6.45, 7) is 2.02. The molecule has 0 radical (unpaired) electrons. The molecule has 1 aliphatic rings. The second kappa shape index (κ2) is 4.38. The molecule has 0 aliphatic heterocycles. The number of hydrogen-bond donors (Lipinski definition) is 1. The van der Waals surface area contributed by atoms with Crippen LogP contribution in [0.25, 0.3) is 0 Å². The summed E-state index contributed by atoms with van der Waals surface area (Å²) in [5.41, 5.74) is 9.85. The van der Waals surface area contributed by atoms with Crippen LogP contribution in [-0.2, 0) is 0 Å². The summed E-state index contributed by atoms with van der Waals surface area (Å²) in [7, 11) is 0. The van der Waals surface area contributed by atoms with Crippen LogP contribution in [-0.4, -0.2) is 0 Å². The minimum absolute atomic E-state index is 0.0588. The zero-order valence-corrected chi connectivity index (χ0v) is 9.72. The van der Waals surface area contributed by atoms with E-state index < -0.39 is 0 Å². The van der Waals surface area contributed by atoms with Crippen molar-refractivity contribution in [2.45, 2.75) is 32.2 Å². The average Bonchev–Trinajstić information content (AvgIpc) is 2.74. The summed E-state index contributed by atoms with van der Waals surface area (Å²) < 4.78 is 0. The maximum atomic E-state index is 6.21. The minimum atomic E-state index is 0.0588. The lowest BCUT2D eigenvalue weighted by atomic mass is 9.98. The first kappa shape index (κ1) is 10.7. The van der Waals surface area contributed by atoms with E-state index in [4.69, 9.17) is 17.3 Å². The largest absolute Gasteiger partial charge is 0.321 e. The maximum absolute atomic E-state index is 6.21. The summed E-state index contributed by atoms with van der Waals surface area (Å²) in [5, 5.41) is 0.811. The predicted octanol–water partition coefficient (Wildman–Crippen LogP) is 3.76. The Bertz CT molecular complexity index is 396. The molecule has 0 amide bonds. The molecule has 0 saturated heterocycles. The van der Waals surface area contributed by atoms with Gasteiger partial charge in [-0.2, -0.15) is 0 Å². The molecule has 0 aromatic heterocycles. The van der Waals surface area contributed by atoms with Crippen LogP contribution in [0.15, 0.2) is 29.8 Å². The fourth-order valence-electron chi connectivity index (χ4n) is 2.05. The van der Waals surface area contributed by atoms with E-state index in [2.05, 4.69) is 12.1 Å². The second-order valence-corrected chi connectivity index (χ2v) is 4.56. The molecule has 1 aliphatic carbocycles.